The summed E-state index contributed by atoms with van der Waals surface area (Å²) in [7, 11) is 0. The van der Waals surface area contributed by atoms with Crippen LogP contribution in [0.5, 0.6) is 0 Å². The van der Waals surface area contributed by atoms with E-state index in [1.54, 1.807) is 24.0 Å². The molecule has 0 aromatic heterocycles. The van der Waals surface area contributed by atoms with E-state index in [9.17, 15) is 14.0 Å². The first-order chi connectivity index (χ1) is 9.90. The maximum atomic E-state index is 12.9. The van der Waals surface area contributed by atoms with Crippen LogP contribution in [0.15, 0.2) is 35.4 Å². The highest BCUT2D eigenvalue weighted by molar-refractivity contribution is 8.00. The summed E-state index contributed by atoms with van der Waals surface area (Å²) in [4.78, 5) is 24.7. The Morgan fingerprint density at radius 3 is 2.52 bits per heavy atom. The first-order valence-electron chi connectivity index (χ1n) is 6.46. The van der Waals surface area contributed by atoms with Crippen molar-refractivity contribution in [3.05, 3.63) is 46.8 Å². The molecular weight excluding hydrogens is 293 g/mol. The van der Waals surface area contributed by atoms with Crippen molar-refractivity contribution in [1.82, 2.24) is 4.90 Å². The zero-order valence-corrected chi connectivity index (χ0v) is 12.6. The number of thioether (sulfide) groups is 1. The molecule has 1 aliphatic heterocycles. The molecule has 4 nitrogen and oxygen atoms in total. The SMILES string of the molecule is CC1=C(C)C(SCC(=O)O)N(Cc2ccc(F)cc2)C1=O. The van der Waals surface area contributed by atoms with E-state index in [1.807, 2.05) is 6.92 Å². The quantitative estimate of drug-likeness (QED) is 0.908. The molecule has 21 heavy (non-hydrogen) atoms. The van der Waals surface area contributed by atoms with Crippen molar-refractivity contribution in [2.75, 3.05) is 5.75 Å². The molecule has 2 rings (SSSR count). The van der Waals surface area contributed by atoms with Crippen LogP contribution in [0.25, 0.3) is 0 Å². The summed E-state index contributed by atoms with van der Waals surface area (Å²) in [5.74, 6) is -1.40. The van der Waals surface area contributed by atoms with Crippen LogP contribution in [-0.4, -0.2) is 33.0 Å². The Kier molecular flexibility index (Phi) is 4.67. The third-order valence-corrected chi connectivity index (χ3v) is 4.79. The van der Waals surface area contributed by atoms with Crippen LogP contribution in [0.1, 0.15) is 19.4 Å². The highest BCUT2D eigenvalue weighted by atomic mass is 32.2. The van der Waals surface area contributed by atoms with Crippen molar-refractivity contribution in [2.24, 2.45) is 0 Å². The molecule has 0 saturated heterocycles. The maximum absolute atomic E-state index is 12.9. The third-order valence-electron chi connectivity index (χ3n) is 3.46. The van der Waals surface area contributed by atoms with E-state index >= 15 is 0 Å². The highest BCUT2D eigenvalue weighted by Crippen LogP contribution is 2.34. The summed E-state index contributed by atoms with van der Waals surface area (Å²) >= 11 is 1.21. The Morgan fingerprint density at radius 2 is 1.95 bits per heavy atom. The van der Waals surface area contributed by atoms with E-state index in [4.69, 9.17) is 5.11 Å². The number of carboxylic acids is 1. The van der Waals surface area contributed by atoms with Crippen LogP contribution < -0.4 is 0 Å². The second kappa shape index (κ2) is 6.30. The van der Waals surface area contributed by atoms with Crippen LogP contribution in [0.4, 0.5) is 4.39 Å². The van der Waals surface area contributed by atoms with Gasteiger partial charge in [0.05, 0.1) is 5.75 Å². The molecule has 1 aliphatic rings. The van der Waals surface area contributed by atoms with E-state index in [-0.39, 0.29) is 22.9 Å². The summed E-state index contributed by atoms with van der Waals surface area (Å²) in [5.41, 5.74) is 2.35. The average molecular weight is 309 g/mol. The summed E-state index contributed by atoms with van der Waals surface area (Å²) < 4.78 is 12.9. The zero-order valence-electron chi connectivity index (χ0n) is 11.8. The molecule has 112 valence electrons. The lowest BCUT2D eigenvalue weighted by molar-refractivity contribution is -0.134. The number of aliphatic carboxylic acids is 1. The van der Waals surface area contributed by atoms with Gasteiger partial charge in [-0.15, -0.1) is 11.8 Å². The molecule has 1 amide bonds. The predicted molar refractivity (Wildman–Crippen MR) is 79.2 cm³/mol. The van der Waals surface area contributed by atoms with Gasteiger partial charge in [0.25, 0.3) is 5.91 Å². The van der Waals surface area contributed by atoms with E-state index in [0.717, 1.165) is 11.1 Å². The van der Waals surface area contributed by atoms with Gasteiger partial charge in [-0.25, -0.2) is 4.39 Å². The number of carboxylic acid groups (broad SMARTS) is 1. The molecule has 1 atom stereocenters. The molecule has 0 radical (unpaired) electrons. The number of carbonyl (C=O) groups is 2. The molecule has 0 fully saturated rings. The van der Waals surface area contributed by atoms with E-state index < -0.39 is 5.97 Å². The molecule has 0 spiro atoms. The predicted octanol–water partition coefficient (Wildman–Crippen LogP) is 2.65. The van der Waals surface area contributed by atoms with Gasteiger partial charge in [0.1, 0.15) is 11.2 Å². The summed E-state index contributed by atoms with van der Waals surface area (Å²) in [6.07, 6.45) is 0. The van der Waals surface area contributed by atoms with E-state index in [2.05, 4.69) is 0 Å². The van der Waals surface area contributed by atoms with Crippen molar-refractivity contribution in [3.8, 4) is 0 Å². The zero-order chi connectivity index (χ0) is 15.6. The number of amides is 1. The first kappa shape index (κ1) is 15.6. The summed E-state index contributed by atoms with van der Waals surface area (Å²) in [6, 6.07) is 5.96. The van der Waals surface area contributed by atoms with Gasteiger partial charge in [-0.2, -0.15) is 0 Å². The Labute approximate surface area is 126 Å². The van der Waals surface area contributed by atoms with Gasteiger partial charge < -0.3 is 10.0 Å². The topological polar surface area (TPSA) is 57.6 Å². The lowest BCUT2D eigenvalue weighted by atomic mass is 10.2. The minimum absolute atomic E-state index is 0.0670. The second-order valence-corrected chi connectivity index (χ2v) is 5.99. The van der Waals surface area contributed by atoms with Crippen LogP contribution in [0, 0.1) is 5.82 Å². The standard InChI is InChI=1S/C15H16FNO3S/c1-9-10(2)15(21-8-13(18)19)17(14(9)20)7-11-3-5-12(16)6-4-11/h3-6,15H,7-8H2,1-2H3,(H,18,19). The van der Waals surface area contributed by atoms with Crippen molar-refractivity contribution in [2.45, 2.75) is 25.8 Å². The molecule has 6 heteroatoms. The fraction of sp³-hybridized carbons (Fsp3) is 0.333. The molecule has 0 bridgehead atoms. The largest absolute Gasteiger partial charge is 0.481 e. The van der Waals surface area contributed by atoms with Gasteiger partial charge in [0, 0.05) is 12.1 Å². The fourth-order valence-corrected chi connectivity index (χ4v) is 3.29. The van der Waals surface area contributed by atoms with E-state index in [0.29, 0.717) is 12.1 Å². The van der Waals surface area contributed by atoms with Crippen LogP contribution >= 0.6 is 11.8 Å². The number of halogens is 1. The number of carbonyl (C=O) groups excluding carboxylic acids is 1. The average Bonchev–Trinajstić information content (AvgIpc) is 2.64. The van der Waals surface area contributed by atoms with Crippen LogP contribution in [0.3, 0.4) is 0 Å². The molecule has 1 aromatic carbocycles. The van der Waals surface area contributed by atoms with Crippen molar-refractivity contribution in [3.63, 3.8) is 0 Å². The van der Waals surface area contributed by atoms with Gasteiger partial charge in [0.15, 0.2) is 0 Å². The van der Waals surface area contributed by atoms with Gasteiger partial charge in [-0.1, -0.05) is 12.1 Å². The van der Waals surface area contributed by atoms with Crippen molar-refractivity contribution >= 4 is 23.6 Å². The van der Waals surface area contributed by atoms with Gasteiger partial charge in [-0.05, 0) is 37.1 Å². The number of nitrogens with zero attached hydrogens (tertiary/aromatic N) is 1. The summed E-state index contributed by atoms with van der Waals surface area (Å²) in [5, 5.41) is 8.54. The lowest BCUT2D eigenvalue weighted by Gasteiger charge is -2.25. The van der Waals surface area contributed by atoms with Crippen LogP contribution in [0.2, 0.25) is 0 Å². The molecule has 1 aromatic rings. The summed E-state index contributed by atoms with van der Waals surface area (Å²) in [6.45, 7) is 3.93. The Morgan fingerprint density at radius 1 is 1.33 bits per heavy atom. The van der Waals surface area contributed by atoms with Gasteiger partial charge >= 0.3 is 5.97 Å². The minimum atomic E-state index is -0.911. The molecule has 1 unspecified atom stereocenters. The molecule has 0 aliphatic carbocycles. The van der Waals surface area contributed by atoms with E-state index in [1.165, 1.54) is 23.9 Å². The Bertz CT molecular complexity index is 597. The van der Waals surface area contributed by atoms with Gasteiger partial charge in [-0.3, -0.25) is 9.59 Å². The third kappa shape index (κ3) is 3.44. The second-order valence-electron chi connectivity index (χ2n) is 4.92. The number of hydrogen-bond acceptors (Lipinski definition) is 3. The molecule has 0 saturated carbocycles. The molecule has 1 heterocycles. The molecule has 1 N–H and O–H groups in total. The normalized spacial score (nSPS) is 18.5. The number of benzene rings is 1. The lowest BCUT2D eigenvalue weighted by Crippen LogP contribution is -2.33. The first-order valence-corrected chi connectivity index (χ1v) is 7.51. The molecular formula is C15H16FNO3S. The fourth-order valence-electron chi connectivity index (χ4n) is 2.22. The van der Waals surface area contributed by atoms with Gasteiger partial charge in [0.2, 0.25) is 0 Å². The van der Waals surface area contributed by atoms with Crippen LogP contribution in [-0.2, 0) is 16.1 Å². The minimum Gasteiger partial charge on any atom is -0.481 e. The Hall–Kier alpha value is -1.82. The van der Waals surface area contributed by atoms with Crippen molar-refractivity contribution in [1.29, 1.82) is 0 Å². The monoisotopic (exact) mass is 309 g/mol. The highest BCUT2D eigenvalue weighted by Gasteiger charge is 2.35. The Balaban J connectivity index is 2.17. The number of rotatable bonds is 5. The maximum Gasteiger partial charge on any atom is 0.313 e. The number of hydrogen-bond donors (Lipinski definition) is 1. The smallest absolute Gasteiger partial charge is 0.313 e. The van der Waals surface area contributed by atoms with Crippen molar-refractivity contribution < 1.29 is 19.1 Å².